The normalized spacial score (nSPS) is 21.1. The van der Waals surface area contributed by atoms with Crippen LogP contribution in [0, 0.1) is 5.82 Å². The van der Waals surface area contributed by atoms with Gasteiger partial charge in [0.15, 0.2) is 11.5 Å². The standard InChI is InChI=1S/C27H32FN5O5/c1-3-4-5-21-26(35)31(14-19-8-11-22-23(12-19)38-17-37-22)15-24-32(21)25(34)16-30(2)33(24)27(36)29-13-18-6-9-20(28)10-7-18/h6-12,21,24H,3-5,13-17H2,1-2H3,(H,29,36)/t21-,24-/m0/s1. The molecule has 3 aliphatic rings. The summed E-state index contributed by atoms with van der Waals surface area (Å²) in [6.07, 6.45) is 1.50. The van der Waals surface area contributed by atoms with Crippen molar-refractivity contribution in [2.24, 2.45) is 0 Å². The number of unbranched alkanes of at least 4 members (excludes halogenated alkanes) is 1. The molecule has 0 unspecified atom stereocenters. The lowest BCUT2D eigenvalue weighted by atomic mass is 10.0. The molecule has 0 spiro atoms. The van der Waals surface area contributed by atoms with Crippen LogP contribution >= 0.6 is 0 Å². The third kappa shape index (κ3) is 5.10. The lowest BCUT2D eigenvalue weighted by Crippen LogP contribution is -2.75. The number of likely N-dealkylation sites (N-methyl/N-ethyl adjacent to an activating group) is 1. The van der Waals surface area contributed by atoms with Crippen LogP contribution in [0.25, 0.3) is 0 Å². The van der Waals surface area contributed by atoms with Crippen LogP contribution in [0.15, 0.2) is 42.5 Å². The Labute approximate surface area is 220 Å². The van der Waals surface area contributed by atoms with Crippen molar-refractivity contribution in [1.82, 2.24) is 25.1 Å². The highest BCUT2D eigenvalue weighted by Crippen LogP contribution is 2.34. The maximum atomic E-state index is 13.7. The predicted octanol–water partition coefficient (Wildman–Crippen LogP) is 2.68. The van der Waals surface area contributed by atoms with Gasteiger partial charge in [-0.05, 0) is 41.8 Å². The first-order valence-electron chi connectivity index (χ1n) is 12.9. The molecule has 0 aliphatic carbocycles. The van der Waals surface area contributed by atoms with Crippen molar-refractivity contribution in [2.45, 2.75) is 51.5 Å². The summed E-state index contributed by atoms with van der Waals surface area (Å²) in [7, 11) is 1.69. The van der Waals surface area contributed by atoms with Crippen LogP contribution in [0.5, 0.6) is 11.5 Å². The number of hydrazine groups is 1. The van der Waals surface area contributed by atoms with Gasteiger partial charge in [-0.15, -0.1) is 0 Å². The van der Waals surface area contributed by atoms with Crippen molar-refractivity contribution < 1.29 is 28.2 Å². The minimum absolute atomic E-state index is 0.0153. The second-order valence-electron chi connectivity index (χ2n) is 9.79. The van der Waals surface area contributed by atoms with E-state index in [-0.39, 0.29) is 44.1 Å². The molecule has 10 nitrogen and oxygen atoms in total. The van der Waals surface area contributed by atoms with E-state index in [9.17, 15) is 18.8 Å². The number of carbonyl (C=O) groups is 3. The predicted molar refractivity (Wildman–Crippen MR) is 135 cm³/mol. The van der Waals surface area contributed by atoms with E-state index in [1.54, 1.807) is 34.0 Å². The molecule has 3 aliphatic heterocycles. The third-order valence-corrected chi connectivity index (χ3v) is 7.15. The van der Waals surface area contributed by atoms with Crippen LogP contribution in [0.2, 0.25) is 0 Å². The highest BCUT2D eigenvalue weighted by Gasteiger charge is 2.50. The van der Waals surface area contributed by atoms with E-state index in [0.717, 1.165) is 24.0 Å². The molecule has 1 N–H and O–H groups in total. The molecule has 2 aromatic carbocycles. The number of hydrogen-bond acceptors (Lipinski definition) is 6. The van der Waals surface area contributed by atoms with E-state index >= 15 is 0 Å². The number of nitrogens with one attached hydrogen (secondary N) is 1. The lowest BCUT2D eigenvalue weighted by molar-refractivity contribution is -0.188. The van der Waals surface area contributed by atoms with Gasteiger partial charge in [0.25, 0.3) is 0 Å². The van der Waals surface area contributed by atoms with Gasteiger partial charge in [-0.25, -0.2) is 19.2 Å². The van der Waals surface area contributed by atoms with E-state index in [1.165, 1.54) is 17.1 Å². The van der Waals surface area contributed by atoms with Crippen LogP contribution < -0.4 is 14.8 Å². The largest absolute Gasteiger partial charge is 0.454 e. The first-order chi connectivity index (χ1) is 18.4. The maximum absolute atomic E-state index is 13.7. The Bertz CT molecular complexity index is 1210. The van der Waals surface area contributed by atoms with Crippen LogP contribution in [0.1, 0.15) is 37.3 Å². The third-order valence-electron chi connectivity index (χ3n) is 7.15. The summed E-state index contributed by atoms with van der Waals surface area (Å²) in [5.41, 5.74) is 1.62. The number of halogens is 1. The number of amides is 4. The summed E-state index contributed by atoms with van der Waals surface area (Å²) in [5, 5.41) is 5.99. The SMILES string of the molecule is CCCC[C@H]1C(=O)N(Cc2ccc3c(c2)OCO3)C[C@H]2N1C(=O)CN(C)N2C(=O)NCc1ccc(F)cc1. The molecule has 11 heteroatoms. The summed E-state index contributed by atoms with van der Waals surface area (Å²) in [4.78, 5) is 43.6. The number of ether oxygens (including phenoxy) is 2. The van der Waals surface area contributed by atoms with E-state index in [0.29, 0.717) is 24.5 Å². The van der Waals surface area contributed by atoms with Crippen molar-refractivity contribution in [2.75, 3.05) is 26.9 Å². The molecule has 0 saturated carbocycles. The van der Waals surface area contributed by atoms with E-state index in [4.69, 9.17) is 9.47 Å². The van der Waals surface area contributed by atoms with Gasteiger partial charge in [-0.3, -0.25) is 9.59 Å². The zero-order chi connectivity index (χ0) is 26.8. The van der Waals surface area contributed by atoms with E-state index in [1.807, 2.05) is 25.1 Å². The van der Waals surface area contributed by atoms with Gasteiger partial charge in [0.1, 0.15) is 18.0 Å². The second kappa shape index (κ2) is 10.9. The quantitative estimate of drug-likeness (QED) is 0.598. The number of urea groups is 1. The average Bonchev–Trinajstić information content (AvgIpc) is 3.36. The fourth-order valence-corrected chi connectivity index (χ4v) is 5.24. The van der Waals surface area contributed by atoms with Crippen molar-refractivity contribution in [3.05, 3.63) is 59.4 Å². The molecule has 5 rings (SSSR count). The fraction of sp³-hybridized carbons (Fsp3) is 0.444. The van der Waals surface area contributed by atoms with Crippen LogP contribution in [0.3, 0.4) is 0 Å². The number of fused-ring (bicyclic) bond motifs is 2. The Kier molecular flexibility index (Phi) is 7.37. The maximum Gasteiger partial charge on any atom is 0.334 e. The minimum atomic E-state index is -0.664. The zero-order valence-corrected chi connectivity index (χ0v) is 21.6. The molecule has 0 aromatic heterocycles. The number of rotatable bonds is 7. The smallest absolute Gasteiger partial charge is 0.334 e. The fourth-order valence-electron chi connectivity index (χ4n) is 5.24. The summed E-state index contributed by atoms with van der Waals surface area (Å²) in [6.45, 7) is 2.85. The molecule has 3 heterocycles. The lowest BCUT2D eigenvalue weighted by Gasteiger charge is -2.54. The van der Waals surface area contributed by atoms with Crippen molar-refractivity contribution in [1.29, 1.82) is 0 Å². The van der Waals surface area contributed by atoms with Crippen LogP contribution in [-0.4, -0.2) is 76.8 Å². The zero-order valence-electron chi connectivity index (χ0n) is 21.6. The van der Waals surface area contributed by atoms with Gasteiger partial charge >= 0.3 is 6.03 Å². The molecular formula is C27H32FN5O5. The van der Waals surface area contributed by atoms with Crippen molar-refractivity contribution in [3.8, 4) is 11.5 Å². The average molecular weight is 526 g/mol. The summed E-state index contributed by atoms with van der Waals surface area (Å²) < 4.78 is 24.2. The number of hydrogen-bond donors (Lipinski definition) is 1. The first kappa shape index (κ1) is 25.8. The summed E-state index contributed by atoms with van der Waals surface area (Å²) >= 11 is 0. The summed E-state index contributed by atoms with van der Waals surface area (Å²) in [6, 6.07) is 10.4. The Morgan fingerprint density at radius 2 is 1.82 bits per heavy atom. The van der Waals surface area contributed by atoms with Crippen molar-refractivity contribution >= 4 is 17.8 Å². The monoisotopic (exact) mass is 525 g/mol. The van der Waals surface area contributed by atoms with Gasteiger partial charge in [0.05, 0.1) is 13.1 Å². The Morgan fingerprint density at radius 1 is 1.08 bits per heavy atom. The highest BCUT2D eigenvalue weighted by atomic mass is 19.1. The molecule has 0 radical (unpaired) electrons. The van der Waals surface area contributed by atoms with Gasteiger partial charge in [0, 0.05) is 20.1 Å². The van der Waals surface area contributed by atoms with Gasteiger partial charge in [-0.1, -0.05) is 38.0 Å². The number of nitrogens with zero attached hydrogens (tertiary/aromatic N) is 4. The molecule has 0 bridgehead atoms. The summed E-state index contributed by atoms with van der Waals surface area (Å²) in [5.74, 6) is 0.631. The topological polar surface area (TPSA) is 94.7 Å². The van der Waals surface area contributed by atoms with Crippen LogP contribution in [0.4, 0.5) is 9.18 Å². The van der Waals surface area contributed by atoms with E-state index in [2.05, 4.69) is 5.32 Å². The van der Waals surface area contributed by atoms with E-state index < -0.39 is 18.2 Å². The molecule has 2 atom stereocenters. The molecule has 4 amide bonds. The van der Waals surface area contributed by atoms with Crippen molar-refractivity contribution in [3.63, 3.8) is 0 Å². The molecular weight excluding hydrogens is 493 g/mol. The van der Waals surface area contributed by atoms with Gasteiger partial charge in [-0.2, -0.15) is 0 Å². The highest BCUT2D eigenvalue weighted by molar-refractivity contribution is 5.91. The second-order valence-corrected chi connectivity index (χ2v) is 9.79. The molecule has 202 valence electrons. The Morgan fingerprint density at radius 3 is 2.58 bits per heavy atom. The number of benzene rings is 2. The molecule has 2 fully saturated rings. The Hall–Kier alpha value is -3.86. The Balaban J connectivity index is 1.39. The van der Waals surface area contributed by atoms with Crippen LogP contribution in [-0.2, 0) is 22.7 Å². The number of carbonyl (C=O) groups excluding carboxylic acids is 3. The van der Waals surface area contributed by atoms with Gasteiger partial charge < -0.3 is 24.6 Å². The molecule has 2 saturated heterocycles. The van der Waals surface area contributed by atoms with Gasteiger partial charge in [0.2, 0.25) is 18.6 Å². The first-order valence-corrected chi connectivity index (χ1v) is 12.9. The minimum Gasteiger partial charge on any atom is -0.454 e. The number of piperazine rings is 1. The molecule has 2 aromatic rings. The molecule has 38 heavy (non-hydrogen) atoms.